The molecule has 0 aromatic heterocycles. The summed E-state index contributed by atoms with van der Waals surface area (Å²) in [6.07, 6.45) is 0. The van der Waals surface area contributed by atoms with Gasteiger partial charge in [0.15, 0.2) is 0 Å². The smallest absolute Gasteiger partial charge is 0.258 e. The van der Waals surface area contributed by atoms with E-state index in [0.717, 1.165) is 17.0 Å². The molecule has 0 radical (unpaired) electrons. The number of nitro groups is 2. The van der Waals surface area contributed by atoms with E-state index in [2.05, 4.69) is 0 Å². The maximum atomic E-state index is 10.6. The van der Waals surface area contributed by atoms with E-state index >= 15 is 0 Å². The van der Waals surface area contributed by atoms with Gasteiger partial charge in [-0.05, 0) is 16.7 Å². The van der Waals surface area contributed by atoms with Crippen LogP contribution in [-0.4, -0.2) is 9.85 Å². The van der Waals surface area contributed by atoms with Crippen molar-refractivity contribution in [3.63, 3.8) is 0 Å². The van der Waals surface area contributed by atoms with E-state index in [9.17, 15) is 20.2 Å². The predicted molar refractivity (Wildman–Crippen MR) is 56.9 cm³/mol. The highest BCUT2D eigenvalue weighted by molar-refractivity contribution is 8.20. The van der Waals surface area contributed by atoms with Gasteiger partial charge in [-0.1, -0.05) is 11.0 Å². The topological polar surface area (TPSA) is 86.3 Å². The van der Waals surface area contributed by atoms with Crippen LogP contribution in [0.2, 0.25) is 0 Å². The van der Waals surface area contributed by atoms with Crippen molar-refractivity contribution in [1.29, 1.82) is 0 Å². The molecule has 0 bridgehead atoms. The molecule has 0 heterocycles. The van der Waals surface area contributed by atoms with Crippen molar-refractivity contribution in [3.05, 3.63) is 44.0 Å². The molecular weight excluding hydrogens is 244 g/mol. The Morgan fingerprint density at radius 3 is 2.40 bits per heavy atom. The summed E-state index contributed by atoms with van der Waals surface area (Å²) >= 11 is 0. The van der Waals surface area contributed by atoms with Gasteiger partial charge >= 0.3 is 0 Å². The van der Waals surface area contributed by atoms with E-state index in [1.807, 2.05) is 0 Å². The van der Waals surface area contributed by atoms with Gasteiger partial charge in [-0.3, -0.25) is 20.2 Å². The number of non-ortho nitro benzene ring substituents is 1. The van der Waals surface area contributed by atoms with Gasteiger partial charge in [0.25, 0.3) is 11.4 Å². The van der Waals surface area contributed by atoms with Crippen LogP contribution in [0.4, 0.5) is 11.4 Å². The molecule has 0 unspecified atom stereocenters. The fourth-order valence-corrected chi connectivity index (χ4v) is 1.73. The first-order valence-corrected chi connectivity index (χ1v) is 5.52. The van der Waals surface area contributed by atoms with Gasteiger partial charge in [-0.2, -0.15) is 0 Å². The molecule has 0 fully saturated rings. The third kappa shape index (κ3) is 2.80. The maximum absolute atomic E-state index is 10.6. The fraction of sp³-hybridized carbons (Fsp3) is 0.143. The summed E-state index contributed by atoms with van der Waals surface area (Å²) in [6, 6.07) is 3.49. The number of rotatable bonds is 4. The Morgan fingerprint density at radius 2 is 1.93 bits per heavy atom. The Kier molecular flexibility index (Phi) is 3.87. The summed E-state index contributed by atoms with van der Waals surface area (Å²) in [6.45, 7) is 0. The summed E-state index contributed by atoms with van der Waals surface area (Å²) < 4.78 is 0. The third-order valence-electron chi connectivity index (χ3n) is 1.69. The summed E-state index contributed by atoms with van der Waals surface area (Å²) in [5.74, 6) is 0.232. The lowest BCUT2D eigenvalue weighted by molar-refractivity contribution is -0.394. The quantitative estimate of drug-likeness (QED) is 0.604. The summed E-state index contributed by atoms with van der Waals surface area (Å²) in [4.78, 5) is 19.7. The number of nitro benzene ring substituents is 2. The van der Waals surface area contributed by atoms with Crippen LogP contribution in [0, 0.1) is 20.2 Å². The Labute approximate surface area is 93.0 Å². The minimum atomic E-state index is -0.676. The number of hydrogen-bond donors (Lipinski definition) is 0. The standard InChI is InChI=1S/C7H5ClN2O4S/c8-15-4-5-1-2-6(9(11)12)3-7(5)10(13)14/h1-3H,4H2. The average molecular weight is 249 g/mol. The van der Waals surface area contributed by atoms with Gasteiger partial charge < -0.3 is 0 Å². The van der Waals surface area contributed by atoms with Crippen LogP contribution in [-0.2, 0) is 5.75 Å². The van der Waals surface area contributed by atoms with Crippen molar-refractivity contribution >= 4 is 33.0 Å². The molecule has 0 aliphatic rings. The van der Waals surface area contributed by atoms with Gasteiger partial charge in [0, 0.05) is 17.4 Å². The molecule has 15 heavy (non-hydrogen) atoms. The van der Waals surface area contributed by atoms with Crippen LogP contribution in [0.15, 0.2) is 18.2 Å². The first kappa shape index (κ1) is 11.7. The molecule has 1 rings (SSSR count). The first-order chi connectivity index (χ1) is 7.06. The minimum absolute atomic E-state index is 0.232. The summed E-state index contributed by atoms with van der Waals surface area (Å²) in [5.41, 5.74) is -0.215. The zero-order valence-electron chi connectivity index (χ0n) is 7.25. The van der Waals surface area contributed by atoms with Crippen molar-refractivity contribution in [1.82, 2.24) is 0 Å². The largest absolute Gasteiger partial charge is 0.280 e. The Morgan fingerprint density at radius 1 is 1.27 bits per heavy atom. The van der Waals surface area contributed by atoms with Crippen LogP contribution in [0.5, 0.6) is 0 Å². The van der Waals surface area contributed by atoms with Gasteiger partial charge in [-0.15, -0.1) is 0 Å². The van der Waals surface area contributed by atoms with Crippen molar-refractivity contribution in [2.75, 3.05) is 0 Å². The summed E-state index contributed by atoms with van der Waals surface area (Å²) in [5, 5.41) is 21.0. The summed E-state index contributed by atoms with van der Waals surface area (Å²) in [7, 11) is 6.27. The molecule has 1 aromatic carbocycles. The van der Waals surface area contributed by atoms with E-state index < -0.39 is 9.85 Å². The minimum Gasteiger partial charge on any atom is -0.258 e. The van der Waals surface area contributed by atoms with Crippen LogP contribution in [0.25, 0.3) is 0 Å². The van der Waals surface area contributed by atoms with Crippen molar-refractivity contribution in [3.8, 4) is 0 Å². The highest BCUT2D eigenvalue weighted by atomic mass is 35.7. The third-order valence-corrected chi connectivity index (χ3v) is 2.43. The Bertz CT molecular complexity index is 412. The number of benzene rings is 1. The fourth-order valence-electron chi connectivity index (χ4n) is 1.02. The predicted octanol–water partition coefficient (Wildman–Crippen LogP) is 2.89. The molecule has 0 amide bonds. The second-order valence-electron chi connectivity index (χ2n) is 2.58. The average Bonchev–Trinajstić information content (AvgIpc) is 2.18. The van der Waals surface area contributed by atoms with Crippen LogP contribution in [0.3, 0.4) is 0 Å². The van der Waals surface area contributed by atoms with Crippen LogP contribution in [0.1, 0.15) is 5.56 Å². The van der Waals surface area contributed by atoms with Crippen LogP contribution < -0.4 is 0 Å². The van der Waals surface area contributed by atoms with E-state index in [-0.39, 0.29) is 17.1 Å². The molecule has 80 valence electrons. The molecule has 0 spiro atoms. The molecule has 6 nitrogen and oxygen atoms in total. The zero-order valence-corrected chi connectivity index (χ0v) is 8.83. The lowest BCUT2D eigenvalue weighted by atomic mass is 10.2. The number of nitrogens with zero attached hydrogens (tertiary/aromatic N) is 2. The second kappa shape index (κ2) is 4.94. The van der Waals surface area contributed by atoms with E-state index in [1.54, 1.807) is 0 Å². The molecular formula is C7H5ClN2O4S. The highest BCUT2D eigenvalue weighted by Crippen LogP contribution is 2.28. The van der Waals surface area contributed by atoms with Gasteiger partial charge in [0.05, 0.1) is 15.9 Å². The second-order valence-corrected chi connectivity index (χ2v) is 3.74. The Hall–Kier alpha value is -1.34. The van der Waals surface area contributed by atoms with E-state index in [4.69, 9.17) is 10.7 Å². The Balaban J connectivity index is 3.20. The first-order valence-electron chi connectivity index (χ1n) is 3.71. The molecule has 8 heteroatoms. The molecule has 0 aliphatic heterocycles. The zero-order chi connectivity index (χ0) is 11.4. The monoisotopic (exact) mass is 248 g/mol. The number of hydrogen-bond acceptors (Lipinski definition) is 5. The molecule has 0 atom stereocenters. The molecule has 0 N–H and O–H groups in total. The molecule has 0 aliphatic carbocycles. The van der Waals surface area contributed by atoms with E-state index in [1.165, 1.54) is 12.1 Å². The molecule has 0 saturated heterocycles. The van der Waals surface area contributed by atoms with E-state index in [0.29, 0.717) is 5.56 Å². The number of halogens is 1. The van der Waals surface area contributed by atoms with Crippen molar-refractivity contribution in [2.24, 2.45) is 0 Å². The van der Waals surface area contributed by atoms with Crippen molar-refractivity contribution in [2.45, 2.75) is 5.75 Å². The van der Waals surface area contributed by atoms with Crippen molar-refractivity contribution < 1.29 is 9.85 Å². The molecule has 0 saturated carbocycles. The SMILES string of the molecule is O=[N+]([O-])c1ccc(CSCl)c([N+](=O)[O-])c1. The lowest BCUT2D eigenvalue weighted by Crippen LogP contribution is -1.96. The maximum Gasteiger partial charge on any atom is 0.280 e. The van der Waals surface area contributed by atoms with Crippen LogP contribution >= 0.6 is 21.7 Å². The van der Waals surface area contributed by atoms with Gasteiger partial charge in [-0.25, -0.2) is 0 Å². The van der Waals surface area contributed by atoms with Gasteiger partial charge in [0.2, 0.25) is 0 Å². The highest BCUT2D eigenvalue weighted by Gasteiger charge is 2.18. The normalized spacial score (nSPS) is 9.93. The van der Waals surface area contributed by atoms with Gasteiger partial charge in [0.1, 0.15) is 0 Å². The lowest BCUT2D eigenvalue weighted by Gasteiger charge is -1.99. The molecule has 1 aromatic rings.